The monoisotopic (exact) mass is 626 g/mol. The second-order valence-corrected chi connectivity index (χ2v) is 11.8. The van der Waals surface area contributed by atoms with Gasteiger partial charge in [-0.3, -0.25) is 14.5 Å². The zero-order valence-electron chi connectivity index (χ0n) is 24.4. The van der Waals surface area contributed by atoms with E-state index in [1.54, 1.807) is 56.3 Å². The first-order valence-electron chi connectivity index (χ1n) is 14.2. The van der Waals surface area contributed by atoms with Crippen LogP contribution in [0.3, 0.4) is 0 Å². The molecule has 1 aliphatic rings. The smallest absolute Gasteiger partial charge is 0.320 e. The van der Waals surface area contributed by atoms with Crippen molar-refractivity contribution in [1.29, 1.82) is 0 Å². The van der Waals surface area contributed by atoms with Crippen LogP contribution in [0.4, 0.5) is 0 Å². The Kier molecular flexibility index (Phi) is 12.4. The van der Waals surface area contributed by atoms with Crippen LogP contribution >= 0.6 is 23.7 Å². The Morgan fingerprint density at radius 1 is 0.930 bits per heavy atom. The Bertz CT molecular complexity index is 1500. The lowest BCUT2D eigenvalue weighted by Gasteiger charge is -2.26. The number of hydrogen-bond donors (Lipinski definition) is 4. The summed E-state index contributed by atoms with van der Waals surface area (Å²) < 4.78 is 6.76. The van der Waals surface area contributed by atoms with Gasteiger partial charge in [0, 0.05) is 32.6 Å². The van der Waals surface area contributed by atoms with E-state index in [0.717, 1.165) is 45.9 Å². The van der Waals surface area contributed by atoms with Crippen molar-refractivity contribution in [2.45, 2.75) is 39.2 Å². The lowest BCUT2D eigenvalue weighted by Crippen LogP contribution is -2.34. The number of ether oxygens (including phenoxy) is 1. The Balaban J connectivity index is 0.000000497. The second kappa shape index (κ2) is 15.7. The summed E-state index contributed by atoms with van der Waals surface area (Å²) in [6, 6.07) is 18.5. The number of carbonyl (C=O) groups is 2. The van der Waals surface area contributed by atoms with Gasteiger partial charge in [-0.25, -0.2) is 0 Å². The molecule has 0 radical (unpaired) electrons. The molecule has 1 aromatic heterocycles. The molecule has 0 amide bonds. The van der Waals surface area contributed by atoms with Gasteiger partial charge < -0.3 is 25.8 Å². The number of hydrogen-bond acceptors (Lipinski definition) is 8. The molecule has 0 bridgehead atoms. The van der Waals surface area contributed by atoms with E-state index in [-0.39, 0.29) is 35.6 Å². The molecule has 5 N–H and O–H groups in total. The van der Waals surface area contributed by atoms with Crippen molar-refractivity contribution in [3.63, 3.8) is 0 Å². The normalized spacial score (nSPS) is 14.0. The standard InChI is InChI=1S/C28H27NO4S.C5H11NO2.ClH/c30-21-8-4-20(5-9-21)28-26(24-13-10-22(31)18-25(24)34-28)27(32)19-6-11-23(12-7-19)33-17-16-29-14-2-1-3-15-29;1-3(2)4(6)5(7)8;/h4-13,18,30-31H,1-3,14-17H2;3-4H,6H2,1-2H3,(H,7,8);1H/t;4-;/m.0./s1. The Morgan fingerprint density at radius 3 is 2.14 bits per heavy atom. The Hall–Kier alpha value is -3.63. The molecule has 0 aliphatic carbocycles. The molecule has 230 valence electrons. The largest absolute Gasteiger partial charge is 0.508 e. The predicted octanol–water partition coefficient (Wildman–Crippen LogP) is 6.55. The molecule has 1 saturated heterocycles. The van der Waals surface area contributed by atoms with E-state index in [9.17, 15) is 19.8 Å². The number of aromatic hydroxyl groups is 2. The quantitative estimate of drug-likeness (QED) is 0.154. The van der Waals surface area contributed by atoms with Gasteiger partial charge in [0.2, 0.25) is 0 Å². The minimum absolute atomic E-state index is 0. The number of halogens is 1. The van der Waals surface area contributed by atoms with Gasteiger partial charge in [0.05, 0.1) is 0 Å². The molecule has 4 aromatic rings. The fraction of sp³-hybridized carbons (Fsp3) is 0.333. The summed E-state index contributed by atoms with van der Waals surface area (Å²) in [5.41, 5.74) is 7.19. The fourth-order valence-electron chi connectivity index (χ4n) is 4.73. The number of phenols is 2. The van der Waals surface area contributed by atoms with Crippen LogP contribution in [0.1, 0.15) is 49.0 Å². The van der Waals surface area contributed by atoms with Gasteiger partial charge in [-0.15, -0.1) is 23.7 Å². The molecule has 0 saturated carbocycles. The van der Waals surface area contributed by atoms with Gasteiger partial charge in [0.25, 0.3) is 0 Å². The number of piperidine rings is 1. The van der Waals surface area contributed by atoms with Crippen LogP contribution in [0.5, 0.6) is 17.2 Å². The minimum atomic E-state index is -0.931. The molecule has 0 spiro atoms. The van der Waals surface area contributed by atoms with Crippen LogP contribution in [-0.2, 0) is 4.79 Å². The van der Waals surface area contributed by atoms with Crippen molar-refractivity contribution < 1.29 is 29.6 Å². The van der Waals surface area contributed by atoms with E-state index in [1.807, 2.05) is 24.3 Å². The number of benzene rings is 3. The maximum atomic E-state index is 13.6. The molecule has 1 atom stereocenters. The lowest BCUT2D eigenvalue weighted by atomic mass is 9.97. The highest BCUT2D eigenvalue weighted by Gasteiger charge is 2.22. The van der Waals surface area contributed by atoms with Crippen LogP contribution in [0, 0.1) is 5.92 Å². The highest BCUT2D eigenvalue weighted by Crippen LogP contribution is 2.41. The predicted molar refractivity (Wildman–Crippen MR) is 174 cm³/mol. The number of fused-ring (bicyclic) bond motifs is 1. The zero-order chi connectivity index (χ0) is 30.2. The molecule has 43 heavy (non-hydrogen) atoms. The molecule has 8 nitrogen and oxygen atoms in total. The Morgan fingerprint density at radius 2 is 1.56 bits per heavy atom. The lowest BCUT2D eigenvalue weighted by molar-refractivity contribution is -0.139. The summed E-state index contributed by atoms with van der Waals surface area (Å²) in [5.74, 6) is 0.0992. The average Bonchev–Trinajstić information content (AvgIpc) is 3.36. The molecule has 10 heteroatoms. The van der Waals surface area contributed by atoms with Crippen molar-refractivity contribution in [3.05, 3.63) is 77.9 Å². The van der Waals surface area contributed by atoms with Gasteiger partial charge in [-0.2, -0.15) is 0 Å². The molecule has 1 fully saturated rings. The van der Waals surface area contributed by atoms with Crippen molar-refractivity contribution in [3.8, 4) is 27.7 Å². The minimum Gasteiger partial charge on any atom is -0.508 e. The van der Waals surface area contributed by atoms with Gasteiger partial charge >= 0.3 is 5.97 Å². The van der Waals surface area contributed by atoms with Crippen LogP contribution in [-0.4, -0.2) is 64.3 Å². The maximum Gasteiger partial charge on any atom is 0.320 e. The van der Waals surface area contributed by atoms with Crippen LogP contribution < -0.4 is 10.5 Å². The molecular weight excluding hydrogens is 588 g/mol. The summed E-state index contributed by atoms with van der Waals surface area (Å²) in [6.45, 7) is 7.40. The van der Waals surface area contributed by atoms with E-state index in [0.29, 0.717) is 17.7 Å². The number of carbonyl (C=O) groups excluding carboxylic acids is 1. The Labute approximate surface area is 262 Å². The van der Waals surface area contributed by atoms with Crippen LogP contribution in [0.15, 0.2) is 66.7 Å². The number of nitrogens with two attached hydrogens (primary N) is 1. The number of aliphatic carboxylic acids is 1. The first-order chi connectivity index (χ1) is 20.1. The summed E-state index contributed by atoms with van der Waals surface area (Å²) in [5, 5.41) is 28.7. The number of phenolic OH excluding ortho intramolecular Hbond substituents is 2. The number of rotatable bonds is 9. The number of thiophene rings is 1. The maximum absolute atomic E-state index is 13.6. The van der Waals surface area contributed by atoms with Crippen LogP contribution in [0.2, 0.25) is 0 Å². The molecular formula is C33H39ClN2O6S. The van der Waals surface area contributed by atoms with Gasteiger partial charge in [0.15, 0.2) is 5.78 Å². The SMILES string of the molecule is CC(C)[C@H](N)C(=O)O.Cl.O=C(c1ccc(OCCN2CCCCC2)cc1)c1c(-c2ccc(O)cc2)sc2cc(O)ccc12. The zero-order valence-corrected chi connectivity index (χ0v) is 26.0. The van der Waals surface area contributed by atoms with E-state index in [1.165, 1.54) is 30.6 Å². The highest BCUT2D eigenvalue weighted by atomic mass is 35.5. The average molecular weight is 627 g/mol. The fourth-order valence-corrected chi connectivity index (χ4v) is 5.97. The molecule has 1 aliphatic heterocycles. The summed E-state index contributed by atoms with van der Waals surface area (Å²) in [4.78, 5) is 26.9. The number of carboxylic acid groups (broad SMARTS) is 1. The van der Waals surface area contributed by atoms with Crippen molar-refractivity contribution in [1.82, 2.24) is 4.90 Å². The number of likely N-dealkylation sites (tertiary alicyclic amines) is 1. The molecule has 3 aromatic carbocycles. The van der Waals surface area contributed by atoms with Gasteiger partial charge in [-0.05, 0) is 104 Å². The van der Waals surface area contributed by atoms with Crippen LogP contribution in [0.25, 0.3) is 20.5 Å². The van der Waals surface area contributed by atoms with E-state index in [2.05, 4.69) is 4.90 Å². The topological polar surface area (TPSA) is 133 Å². The van der Waals surface area contributed by atoms with Crippen molar-refractivity contribution in [2.75, 3.05) is 26.2 Å². The first kappa shape index (κ1) is 33.9. The third-order valence-electron chi connectivity index (χ3n) is 7.27. The number of nitrogens with zero attached hydrogens (tertiary/aromatic N) is 1. The van der Waals surface area contributed by atoms with E-state index >= 15 is 0 Å². The first-order valence-corrected chi connectivity index (χ1v) is 15.0. The summed E-state index contributed by atoms with van der Waals surface area (Å²) >= 11 is 1.46. The molecule has 0 unspecified atom stereocenters. The molecule has 5 rings (SSSR count). The van der Waals surface area contributed by atoms with E-state index in [4.69, 9.17) is 15.6 Å². The van der Waals surface area contributed by atoms with Crippen molar-refractivity contribution in [2.24, 2.45) is 11.7 Å². The summed E-state index contributed by atoms with van der Waals surface area (Å²) in [7, 11) is 0. The highest BCUT2D eigenvalue weighted by molar-refractivity contribution is 7.22. The number of ketones is 1. The summed E-state index contributed by atoms with van der Waals surface area (Å²) in [6.07, 6.45) is 3.85. The van der Waals surface area contributed by atoms with E-state index < -0.39 is 12.0 Å². The van der Waals surface area contributed by atoms with Gasteiger partial charge in [0.1, 0.15) is 29.9 Å². The molecule has 2 heterocycles. The van der Waals surface area contributed by atoms with Gasteiger partial charge in [-0.1, -0.05) is 20.3 Å². The third-order valence-corrected chi connectivity index (χ3v) is 8.48. The third kappa shape index (κ3) is 8.93. The van der Waals surface area contributed by atoms with Crippen molar-refractivity contribution >= 4 is 45.6 Å². The second-order valence-electron chi connectivity index (χ2n) is 10.7. The number of carboxylic acids is 1.